The van der Waals surface area contributed by atoms with Crippen LogP contribution in [0.3, 0.4) is 0 Å². The topological polar surface area (TPSA) is 64.4 Å². The first-order valence-electron chi connectivity index (χ1n) is 9.84. The van der Waals surface area contributed by atoms with E-state index >= 15 is 0 Å². The molecule has 0 saturated heterocycles. The highest BCUT2D eigenvalue weighted by atomic mass is 16.5. The van der Waals surface area contributed by atoms with E-state index in [1.54, 1.807) is 28.9 Å². The second kappa shape index (κ2) is 9.37. The third-order valence-electron chi connectivity index (χ3n) is 4.99. The molecule has 3 rings (SSSR count). The van der Waals surface area contributed by atoms with E-state index in [1.807, 2.05) is 50.2 Å². The second-order valence-electron chi connectivity index (χ2n) is 7.29. The van der Waals surface area contributed by atoms with Crippen LogP contribution in [0, 0.1) is 13.8 Å². The van der Waals surface area contributed by atoms with Crippen molar-refractivity contribution in [2.24, 2.45) is 0 Å². The number of amides is 1. The Labute approximate surface area is 170 Å². The van der Waals surface area contributed by atoms with Crippen LogP contribution in [0.2, 0.25) is 0 Å². The summed E-state index contributed by atoms with van der Waals surface area (Å²) in [5.74, 6) is 0.838. The number of nitrogens with zero attached hydrogens (tertiary/aromatic N) is 3. The average molecular weight is 393 g/mol. The molecule has 0 bridgehead atoms. The minimum atomic E-state index is -0.0639. The van der Waals surface area contributed by atoms with E-state index in [1.165, 1.54) is 5.56 Å². The summed E-state index contributed by atoms with van der Waals surface area (Å²) in [4.78, 5) is 31.0. The van der Waals surface area contributed by atoms with Gasteiger partial charge in [-0.15, -0.1) is 0 Å². The smallest absolute Gasteiger partial charge is 0.261 e. The van der Waals surface area contributed by atoms with E-state index in [0.29, 0.717) is 37.9 Å². The molecule has 0 spiro atoms. The Bertz CT molecular complexity index is 1040. The highest BCUT2D eigenvalue weighted by molar-refractivity contribution is 5.80. The number of carbonyl (C=O) groups excluding carboxylic acids is 1. The monoisotopic (exact) mass is 393 g/mol. The number of aryl methyl sites for hydroxylation is 3. The van der Waals surface area contributed by atoms with Gasteiger partial charge >= 0.3 is 0 Å². The fourth-order valence-corrected chi connectivity index (χ4v) is 3.15. The van der Waals surface area contributed by atoms with Gasteiger partial charge in [-0.25, -0.2) is 4.98 Å². The van der Waals surface area contributed by atoms with Gasteiger partial charge in [-0.2, -0.15) is 0 Å². The molecule has 2 aromatic carbocycles. The first kappa shape index (κ1) is 20.6. The Morgan fingerprint density at radius 3 is 2.66 bits per heavy atom. The lowest BCUT2D eigenvalue weighted by atomic mass is 10.1. The summed E-state index contributed by atoms with van der Waals surface area (Å²) >= 11 is 0. The summed E-state index contributed by atoms with van der Waals surface area (Å²) in [5.41, 5.74) is 2.83. The lowest BCUT2D eigenvalue weighted by Crippen LogP contribution is -2.31. The first-order chi connectivity index (χ1) is 14.0. The van der Waals surface area contributed by atoms with Gasteiger partial charge in [-0.05, 0) is 44.0 Å². The van der Waals surface area contributed by atoms with Crippen LogP contribution in [0.4, 0.5) is 0 Å². The summed E-state index contributed by atoms with van der Waals surface area (Å²) in [6, 6.07) is 13.4. The predicted molar refractivity (Wildman–Crippen MR) is 114 cm³/mol. The van der Waals surface area contributed by atoms with Gasteiger partial charge in [-0.1, -0.05) is 29.8 Å². The minimum Gasteiger partial charge on any atom is -0.492 e. The number of likely N-dealkylation sites (N-methyl/N-ethyl adjacent to an activating group) is 1. The molecule has 3 aromatic rings. The van der Waals surface area contributed by atoms with Crippen molar-refractivity contribution in [2.75, 3.05) is 20.2 Å². The summed E-state index contributed by atoms with van der Waals surface area (Å²) in [6.45, 7) is 5.40. The molecule has 0 aliphatic heterocycles. The first-order valence-corrected chi connectivity index (χ1v) is 9.84. The summed E-state index contributed by atoms with van der Waals surface area (Å²) in [5, 5.41) is 0.615. The van der Waals surface area contributed by atoms with Crippen LogP contribution in [0.5, 0.6) is 5.75 Å². The van der Waals surface area contributed by atoms with Crippen molar-refractivity contribution in [2.45, 2.75) is 33.2 Å². The molecular weight excluding hydrogens is 366 g/mol. The van der Waals surface area contributed by atoms with E-state index in [0.717, 1.165) is 16.8 Å². The van der Waals surface area contributed by atoms with Gasteiger partial charge in [0, 0.05) is 20.0 Å². The zero-order valence-corrected chi connectivity index (χ0v) is 17.2. The van der Waals surface area contributed by atoms with Crippen LogP contribution >= 0.6 is 0 Å². The molecule has 0 fully saturated rings. The lowest BCUT2D eigenvalue weighted by molar-refractivity contribution is -0.130. The predicted octanol–water partition coefficient (Wildman–Crippen LogP) is 3.33. The number of carbonyl (C=O) groups is 1. The lowest BCUT2D eigenvalue weighted by Gasteiger charge is -2.17. The zero-order valence-electron chi connectivity index (χ0n) is 17.2. The van der Waals surface area contributed by atoms with Gasteiger partial charge in [0.2, 0.25) is 5.91 Å². The molecular formula is C23H27N3O3. The number of para-hydroxylation sites is 1. The van der Waals surface area contributed by atoms with Crippen LogP contribution in [0.15, 0.2) is 53.6 Å². The van der Waals surface area contributed by atoms with Gasteiger partial charge in [0.1, 0.15) is 12.4 Å². The maximum atomic E-state index is 12.6. The molecule has 0 unspecified atom stereocenters. The van der Waals surface area contributed by atoms with Gasteiger partial charge in [-0.3, -0.25) is 14.2 Å². The van der Waals surface area contributed by atoms with Gasteiger partial charge < -0.3 is 9.64 Å². The van der Waals surface area contributed by atoms with Crippen LogP contribution in [0.25, 0.3) is 10.9 Å². The van der Waals surface area contributed by atoms with E-state index in [-0.39, 0.29) is 11.5 Å². The Hall–Kier alpha value is -3.15. The Morgan fingerprint density at radius 1 is 1.14 bits per heavy atom. The van der Waals surface area contributed by atoms with Crippen molar-refractivity contribution in [1.29, 1.82) is 0 Å². The van der Waals surface area contributed by atoms with Crippen molar-refractivity contribution in [3.63, 3.8) is 0 Å². The number of hydrogen-bond acceptors (Lipinski definition) is 4. The fraction of sp³-hybridized carbons (Fsp3) is 0.348. The third-order valence-corrected chi connectivity index (χ3v) is 4.99. The number of rotatable bonds is 8. The van der Waals surface area contributed by atoms with Crippen LogP contribution < -0.4 is 10.3 Å². The Kier molecular flexibility index (Phi) is 6.65. The van der Waals surface area contributed by atoms with Crippen molar-refractivity contribution < 1.29 is 9.53 Å². The summed E-state index contributed by atoms with van der Waals surface area (Å²) in [7, 11) is 1.77. The van der Waals surface area contributed by atoms with E-state index in [2.05, 4.69) is 4.98 Å². The Balaban J connectivity index is 1.46. The molecule has 6 heteroatoms. The fourth-order valence-electron chi connectivity index (χ4n) is 3.15. The molecule has 0 radical (unpaired) electrons. The SMILES string of the molecule is Cc1ccc(OCCN(C)C(=O)CCCn2cnc3c(C)cccc3c2=O)cc1. The van der Waals surface area contributed by atoms with Crippen molar-refractivity contribution >= 4 is 16.8 Å². The molecule has 0 aliphatic rings. The van der Waals surface area contributed by atoms with Gasteiger partial charge in [0.05, 0.1) is 23.8 Å². The molecule has 1 amide bonds. The van der Waals surface area contributed by atoms with Crippen LogP contribution in [-0.4, -0.2) is 40.6 Å². The standard InChI is InChI=1S/C23H27N3O3/c1-17-9-11-19(12-10-17)29-15-14-25(3)21(27)8-5-13-26-16-24-22-18(2)6-4-7-20(22)23(26)28/h4,6-7,9-12,16H,5,8,13-15H2,1-3H3. The zero-order chi connectivity index (χ0) is 20.8. The molecule has 1 heterocycles. The van der Waals surface area contributed by atoms with E-state index < -0.39 is 0 Å². The quantitative estimate of drug-likeness (QED) is 0.589. The second-order valence-corrected chi connectivity index (χ2v) is 7.29. The molecule has 152 valence electrons. The number of fused-ring (bicyclic) bond motifs is 1. The third kappa shape index (κ3) is 5.22. The van der Waals surface area contributed by atoms with Crippen molar-refractivity contribution in [3.05, 3.63) is 70.3 Å². The molecule has 0 N–H and O–H groups in total. The molecule has 6 nitrogen and oxygen atoms in total. The van der Waals surface area contributed by atoms with Gasteiger partial charge in [0.15, 0.2) is 0 Å². The summed E-state index contributed by atoms with van der Waals surface area (Å²) in [6.07, 6.45) is 2.53. The molecule has 29 heavy (non-hydrogen) atoms. The van der Waals surface area contributed by atoms with Crippen molar-refractivity contribution in [3.8, 4) is 5.75 Å². The molecule has 0 aliphatic carbocycles. The number of ether oxygens (including phenoxy) is 1. The minimum absolute atomic E-state index is 0.0372. The van der Waals surface area contributed by atoms with Crippen molar-refractivity contribution in [1.82, 2.24) is 14.5 Å². The van der Waals surface area contributed by atoms with Crippen LogP contribution in [0.1, 0.15) is 24.0 Å². The molecule has 1 aromatic heterocycles. The maximum absolute atomic E-state index is 12.6. The number of aromatic nitrogens is 2. The van der Waals surface area contributed by atoms with Crippen LogP contribution in [-0.2, 0) is 11.3 Å². The Morgan fingerprint density at radius 2 is 1.90 bits per heavy atom. The highest BCUT2D eigenvalue weighted by Gasteiger charge is 2.10. The highest BCUT2D eigenvalue weighted by Crippen LogP contribution is 2.12. The number of hydrogen-bond donors (Lipinski definition) is 0. The van der Waals surface area contributed by atoms with E-state index in [9.17, 15) is 9.59 Å². The molecule has 0 saturated carbocycles. The largest absolute Gasteiger partial charge is 0.492 e. The maximum Gasteiger partial charge on any atom is 0.261 e. The van der Waals surface area contributed by atoms with E-state index in [4.69, 9.17) is 4.74 Å². The average Bonchev–Trinajstić information content (AvgIpc) is 2.71. The molecule has 0 atom stereocenters. The number of benzene rings is 2. The van der Waals surface area contributed by atoms with Gasteiger partial charge in [0.25, 0.3) is 5.56 Å². The normalized spacial score (nSPS) is 10.9. The summed E-state index contributed by atoms with van der Waals surface area (Å²) < 4.78 is 7.25.